The fraction of sp³-hybridized carbons (Fsp3) is 1.00. The third kappa shape index (κ3) is 8.61. The van der Waals surface area contributed by atoms with Crippen molar-refractivity contribution in [3.05, 3.63) is 0 Å². The zero-order valence-electron chi connectivity index (χ0n) is 13.1. The number of hydrogen-bond donors (Lipinski definition) is 1. The fourth-order valence-electron chi connectivity index (χ4n) is 2.84. The van der Waals surface area contributed by atoms with Crippen LogP contribution in [0.4, 0.5) is 0 Å². The molecule has 19 heavy (non-hydrogen) atoms. The third-order valence-corrected chi connectivity index (χ3v) is 4.30. The average molecular weight is 269 g/mol. The number of nitrogens with two attached hydrogens (primary N) is 1. The smallest absolute Gasteiger partial charge is 0.0456 e. The lowest BCUT2D eigenvalue weighted by Gasteiger charge is -2.33. The number of hydrogen-bond acceptors (Lipinski definition) is 3. The minimum absolute atomic E-state index is 0.728. The minimum Gasteiger partial charge on any atom is -0.318 e. The van der Waals surface area contributed by atoms with E-state index in [4.69, 9.17) is 5.73 Å². The highest BCUT2D eigenvalue weighted by Gasteiger charge is 2.14. The molecule has 1 aliphatic heterocycles. The first-order valence-electron chi connectivity index (χ1n) is 8.51. The summed E-state index contributed by atoms with van der Waals surface area (Å²) in [6.07, 6.45) is 12.8. The predicted octanol–water partition coefficient (Wildman–Crippen LogP) is 3.05. The van der Waals surface area contributed by atoms with Gasteiger partial charge in [0, 0.05) is 32.8 Å². The van der Waals surface area contributed by atoms with E-state index in [9.17, 15) is 0 Å². The molecule has 1 fully saturated rings. The van der Waals surface area contributed by atoms with Crippen molar-refractivity contribution < 1.29 is 0 Å². The Morgan fingerprint density at radius 2 is 1.16 bits per heavy atom. The summed E-state index contributed by atoms with van der Waals surface area (Å²) in [4.78, 5) is 4.94. The second-order valence-electron chi connectivity index (χ2n) is 5.97. The van der Waals surface area contributed by atoms with Crippen molar-refractivity contribution in [1.82, 2.24) is 9.80 Å². The van der Waals surface area contributed by atoms with Gasteiger partial charge in [-0.05, 0) is 13.0 Å². The summed E-state index contributed by atoms with van der Waals surface area (Å²) in [5, 5.41) is 0. The SMILES string of the molecule is CCCCCCCCCCCN1CCN(CN)CC1. The maximum absolute atomic E-state index is 5.65. The third-order valence-electron chi connectivity index (χ3n) is 4.30. The Morgan fingerprint density at radius 1 is 0.684 bits per heavy atom. The monoisotopic (exact) mass is 269 g/mol. The molecule has 0 radical (unpaired) electrons. The Balaban J connectivity index is 1.81. The maximum Gasteiger partial charge on any atom is 0.0456 e. The average Bonchev–Trinajstić information content (AvgIpc) is 2.46. The van der Waals surface area contributed by atoms with Crippen molar-refractivity contribution in [3.8, 4) is 0 Å². The summed E-state index contributed by atoms with van der Waals surface area (Å²) < 4.78 is 0. The lowest BCUT2D eigenvalue weighted by atomic mass is 10.1. The van der Waals surface area contributed by atoms with Crippen molar-refractivity contribution in [2.24, 2.45) is 5.73 Å². The van der Waals surface area contributed by atoms with Crippen LogP contribution in [0.15, 0.2) is 0 Å². The van der Waals surface area contributed by atoms with Crippen molar-refractivity contribution in [2.75, 3.05) is 39.4 Å². The first-order valence-corrected chi connectivity index (χ1v) is 8.51. The van der Waals surface area contributed by atoms with Crippen molar-refractivity contribution in [2.45, 2.75) is 64.7 Å². The summed E-state index contributed by atoms with van der Waals surface area (Å²) >= 11 is 0. The maximum atomic E-state index is 5.65. The van der Waals surface area contributed by atoms with E-state index in [0.29, 0.717) is 0 Å². The van der Waals surface area contributed by atoms with E-state index in [-0.39, 0.29) is 0 Å². The molecule has 1 rings (SSSR count). The minimum atomic E-state index is 0.728. The van der Waals surface area contributed by atoms with Crippen LogP contribution in [0.3, 0.4) is 0 Å². The zero-order valence-corrected chi connectivity index (χ0v) is 13.1. The molecule has 0 spiro atoms. The zero-order chi connectivity index (χ0) is 13.8. The molecule has 0 bridgehead atoms. The molecule has 3 nitrogen and oxygen atoms in total. The van der Waals surface area contributed by atoms with Gasteiger partial charge in [0.05, 0.1) is 0 Å². The molecule has 1 heterocycles. The van der Waals surface area contributed by atoms with E-state index in [1.54, 1.807) is 0 Å². The molecule has 0 aromatic carbocycles. The molecular weight excluding hydrogens is 234 g/mol. The Hall–Kier alpha value is -0.120. The van der Waals surface area contributed by atoms with Gasteiger partial charge >= 0.3 is 0 Å². The summed E-state index contributed by atoms with van der Waals surface area (Å²) in [6.45, 7) is 9.07. The predicted molar refractivity (Wildman–Crippen MR) is 84.3 cm³/mol. The standard InChI is InChI=1S/C16H35N3/c1-2-3-4-5-6-7-8-9-10-11-18-12-14-19(16-17)15-13-18/h2-17H2,1H3. The lowest BCUT2D eigenvalue weighted by Crippen LogP contribution is -2.48. The van der Waals surface area contributed by atoms with Crippen LogP contribution < -0.4 is 5.73 Å². The number of rotatable bonds is 11. The molecule has 2 N–H and O–H groups in total. The van der Waals surface area contributed by atoms with Crippen molar-refractivity contribution in [1.29, 1.82) is 0 Å². The van der Waals surface area contributed by atoms with Gasteiger partial charge in [-0.3, -0.25) is 4.90 Å². The second kappa shape index (κ2) is 11.7. The van der Waals surface area contributed by atoms with Gasteiger partial charge in [0.25, 0.3) is 0 Å². The summed E-state index contributed by atoms with van der Waals surface area (Å²) in [6, 6.07) is 0. The van der Waals surface area contributed by atoms with E-state index in [0.717, 1.165) is 19.8 Å². The first kappa shape index (κ1) is 16.9. The van der Waals surface area contributed by atoms with Gasteiger partial charge in [-0.2, -0.15) is 0 Å². The van der Waals surface area contributed by atoms with Gasteiger partial charge in [-0.1, -0.05) is 58.3 Å². The van der Waals surface area contributed by atoms with Crippen molar-refractivity contribution in [3.63, 3.8) is 0 Å². The van der Waals surface area contributed by atoms with Gasteiger partial charge < -0.3 is 10.6 Å². The van der Waals surface area contributed by atoms with E-state index in [2.05, 4.69) is 16.7 Å². The van der Waals surface area contributed by atoms with Crippen LogP contribution in [0.5, 0.6) is 0 Å². The number of piperazine rings is 1. The highest BCUT2D eigenvalue weighted by atomic mass is 15.3. The van der Waals surface area contributed by atoms with Crippen LogP contribution in [0.25, 0.3) is 0 Å². The van der Waals surface area contributed by atoms with Crippen LogP contribution in [0.1, 0.15) is 64.7 Å². The molecule has 3 heteroatoms. The fourth-order valence-corrected chi connectivity index (χ4v) is 2.84. The van der Waals surface area contributed by atoms with Gasteiger partial charge in [0.15, 0.2) is 0 Å². The molecular formula is C16H35N3. The van der Waals surface area contributed by atoms with Crippen LogP contribution >= 0.6 is 0 Å². The van der Waals surface area contributed by atoms with Crippen LogP contribution in [0, 0.1) is 0 Å². The van der Waals surface area contributed by atoms with Crippen molar-refractivity contribution >= 4 is 0 Å². The molecule has 0 unspecified atom stereocenters. The van der Waals surface area contributed by atoms with Gasteiger partial charge in [0.2, 0.25) is 0 Å². The highest BCUT2D eigenvalue weighted by Crippen LogP contribution is 2.10. The van der Waals surface area contributed by atoms with Gasteiger partial charge in [-0.25, -0.2) is 0 Å². The Morgan fingerprint density at radius 3 is 1.68 bits per heavy atom. The molecule has 1 aliphatic rings. The summed E-state index contributed by atoms with van der Waals surface area (Å²) in [5.41, 5.74) is 5.65. The molecule has 0 atom stereocenters. The lowest BCUT2D eigenvalue weighted by molar-refractivity contribution is 0.133. The molecule has 114 valence electrons. The molecule has 1 saturated heterocycles. The Kier molecular flexibility index (Phi) is 10.4. The van der Waals surface area contributed by atoms with E-state index in [1.165, 1.54) is 77.4 Å². The van der Waals surface area contributed by atoms with Gasteiger partial charge in [-0.15, -0.1) is 0 Å². The Labute approximate surface area is 120 Å². The molecule has 0 aromatic rings. The van der Waals surface area contributed by atoms with Crippen LogP contribution in [-0.2, 0) is 0 Å². The Bertz CT molecular complexity index is 188. The summed E-state index contributed by atoms with van der Waals surface area (Å²) in [7, 11) is 0. The van der Waals surface area contributed by atoms with Crippen LogP contribution in [-0.4, -0.2) is 49.2 Å². The normalized spacial score (nSPS) is 18.0. The van der Waals surface area contributed by atoms with Gasteiger partial charge in [0.1, 0.15) is 0 Å². The summed E-state index contributed by atoms with van der Waals surface area (Å²) in [5.74, 6) is 0. The molecule has 0 aliphatic carbocycles. The first-order chi connectivity index (χ1) is 9.36. The quantitative estimate of drug-likeness (QED) is 0.585. The molecule has 0 aromatic heterocycles. The highest BCUT2D eigenvalue weighted by molar-refractivity contribution is 4.70. The number of unbranched alkanes of at least 4 members (excludes halogenated alkanes) is 8. The molecule has 0 amide bonds. The van der Waals surface area contributed by atoms with E-state index >= 15 is 0 Å². The molecule has 0 saturated carbocycles. The van der Waals surface area contributed by atoms with Crippen LogP contribution in [0.2, 0.25) is 0 Å². The number of nitrogens with zero attached hydrogens (tertiary/aromatic N) is 2. The van der Waals surface area contributed by atoms with E-state index < -0.39 is 0 Å². The largest absolute Gasteiger partial charge is 0.318 e. The second-order valence-corrected chi connectivity index (χ2v) is 5.97. The topological polar surface area (TPSA) is 32.5 Å². The van der Waals surface area contributed by atoms with E-state index in [1.807, 2.05) is 0 Å².